The number of primary amides is 1. The van der Waals surface area contributed by atoms with E-state index >= 15 is 0 Å². The van der Waals surface area contributed by atoms with E-state index in [9.17, 15) is 9.59 Å². The molecule has 0 atom stereocenters. The van der Waals surface area contributed by atoms with Crippen LogP contribution in [0.15, 0.2) is 40.8 Å². The number of carbonyl (C=O) groups excluding carboxylic acids is 2. The number of carbonyl (C=O) groups is 2. The van der Waals surface area contributed by atoms with Crippen LogP contribution in [0.1, 0.15) is 15.2 Å². The van der Waals surface area contributed by atoms with Crippen molar-refractivity contribution >= 4 is 29.6 Å². The Labute approximate surface area is 130 Å². The molecule has 0 bridgehead atoms. The first-order valence-corrected chi connectivity index (χ1v) is 7.00. The first-order valence-electron chi connectivity index (χ1n) is 6.12. The van der Waals surface area contributed by atoms with Gasteiger partial charge in [0, 0.05) is 0 Å². The van der Waals surface area contributed by atoms with Gasteiger partial charge in [-0.15, -0.1) is 11.3 Å². The third-order valence-corrected chi connectivity index (χ3v) is 3.35. The lowest BCUT2D eigenvalue weighted by atomic mass is 10.2. The molecule has 0 fully saturated rings. The van der Waals surface area contributed by atoms with Crippen LogP contribution in [0, 0.1) is 0 Å². The van der Waals surface area contributed by atoms with Gasteiger partial charge in [-0.25, -0.2) is 15.0 Å². The van der Waals surface area contributed by atoms with Crippen LogP contribution in [0.2, 0.25) is 0 Å². The molecule has 0 unspecified atom stereocenters. The standard InChI is InChI=1S/C14H13N3O4S/c1-20-11-7-9(8-16-17-14(15)19)4-5-10(11)21-13(18)12-3-2-6-22-12/h2-8H,1H3,(H3,15,17,19). The van der Waals surface area contributed by atoms with Crippen LogP contribution in [0.25, 0.3) is 0 Å². The Hall–Kier alpha value is -2.87. The number of benzene rings is 1. The Balaban J connectivity index is 2.14. The molecule has 0 spiro atoms. The zero-order valence-electron chi connectivity index (χ0n) is 11.6. The van der Waals surface area contributed by atoms with E-state index in [4.69, 9.17) is 15.2 Å². The molecule has 7 nitrogen and oxygen atoms in total. The molecule has 0 aliphatic rings. The topological polar surface area (TPSA) is 103 Å². The number of amides is 2. The number of rotatable bonds is 5. The third kappa shape index (κ3) is 4.06. The van der Waals surface area contributed by atoms with E-state index in [0.717, 1.165) is 0 Å². The second-order valence-corrected chi connectivity index (χ2v) is 4.96. The van der Waals surface area contributed by atoms with Gasteiger partial charge in [-0.1, -0.05) is 6.07 Å². The number of hydrazone groups is 1. The first-order chi connectivity index (χ1) is 10.6. The average Bonchev–Trinajstić information content (AvgIpc) is 3.02. The number of thiophene rings is 1. The Bertz CT molecular complexity index is 698. The van der Waals surface area contributed by atoms with Gasteiger partial charge in [-0.2, -0.15) is 5.10 Å². The van der Waals surface area contributed by atoms with E-state index < -0.39 is 12.0 Å². The number of nitrogens with zero attached hydrogens (tertiary/aromatic N) is 1. The molecule has 2 amide bonds. The molecule has 0 saturated heterocycles. The minimum atomic E-state index is -0.760. The first kappa shape index (κ1) is 15.5. The molecule has 22 heavy (non-hydrogen) atoms. The quantitative estimate of drug-likeness (QED) is 0.380. The van der Waals surface area contributed by atoms with E-state index in [0.29, 0.717) is 21.9 Å². The van der Waals surface area contributed by atoms with Gasteiger partial charge in [0.25, 0.3) is 0 Å². The van der Waals surface area contributed by atoms with Crippen LogP contribution >= 0.6 is 11.3 Å². The molecule has 0 aliphatic heterocycles. The average molecular weight is 319 g/mol. The van der Waals surface area contributed by atoms with Crippen LogP contribution < -0.4 is 20.6 Å². The summed E-state index contributed by atoms with van der Waals surface area (Å²) in [5.74, 6) is 0.207. The lowest BCUT2D eigenvalue weighted by Gasteiger charge is -2.09. The number of esters is 1. The maximum Gasteiger partial charge on any atom is 0.353 e. The van der Waals surface area contributed by atoms with E-state index in [1.807, 2.05) is 0 Å². The van der Waals surface area contributed by atoms with Crippen molar-refractivity contribution in [3.63, 3.8) is 0 Å². The summed E-state index contributed by atoms with van der Waals surface area (Å²) in [4.78, 5) is 22.9. The normalized spacial score (nSPS) is 10.4. The number of nitrogens with one attached hydrogen (secondary N) is 1. The van der Waals surface area contributed by atoms with Crippen molar-refractivity contribution in [2.75, 3.05) is 7.11 Å². The minimum absolute atomic E-state index is 0.293. The van der Waals surface area contributed by atoms with Gasteiger partial charge >= 0.3 is 12.0 Å². The molecule has 1 heterocycles. The minimum Gasteiger partial charge on any atom is -0.493 e. The lowest BCUT2D eigenvalue weighted by molar-refractivity contribution is 0.0735. The predicted octanol–water partition coefficient (Wildman–Crippen LogP) is 1.98. The highest BCUT2D eigenvalue weighted by Crippen LogP contribution is 2.28. The Morgan fingerprint density at radius 3 is 2.77 bits per heavy atom. The zero-order valence-corrected chi connectivity index (χ0v) is 12.4. The highest BCUT2D eigenvalue weighted by atomic mass is 32.1. The van der Waals surface area contributed by atoms with Crippen molar-refractivity contribution in [2.45, 2.75) is 0 Å². The molecule has 1 aromatic heterocycles. The Morgan fingerprint density at radius 2 is 2.14 bits per heavy atom. The van der Waals surface area contributed by atoms with Gasteiger partial charge in [-0.05, 0) is 35.2 Å². The summed E-state index contributed by atoms with van der Waals surface area (Å²) < 4.78 is 10.5. The number of methoxy groups -OCH3 is 1. The monoisotopic (exact) mass is 319 g/mol. The van der Waals surface area contributed by atoms with Crippen molar-refractivity contribution in [1.82, 2.24) is 5.43 Å². The predicted molar refractivity (Wildman–Crippen MR) is 82.6 cm³/mol. The van der Waals surface area contributed by atoms with E-state index in [2.05, 4.69) is 10.5 Å². The lowest BCUT2D eigenvalue weighted by Crippen LogP contribution is -2.24. The summed E-state index contributed by atoms with van der Waals surface area (Å²) in [5.41, 5.74) is 7.61. The molecule has 8 heteroatoms. The molecule has 114 valence electrons. The maximum atomic E-state index is 11.9. The largest absolute Gasteiger partial charge is 0.493 e. The number of urea groups is 1. The highest BCUT2D eigenvalue weighted by molar-refractivity contribution is 7.12. The fourth-order valence-electron chi connectivity index (χ4n) is 1.56. The van der Waals surface area contributed by atoms with Crippen molar-refractivity contribution in [3.05, 3.63) is 46.2 Å². The van der Waals surface area contributed by atoms with Gasteiger partial charge in [0.2, 0.25) is 0 Å². The van der Waals surface area contributed by atoms with Gasteiger partial charge in [0.05, 0.1) is 13.3 Å². The van der Waals surface area contributed by atoms with Crippen LogP contribution in [-0.2, 0) is 0 Å². The summed E-state index contributed by atoms with van der Waals surface area (Å²) in [5, 5.41) is 5.43. The molecular weight excluding hydrogens is 306 g/mol. The number of hydrogen-bond acceptors (Lipinski definition) is 6. The number of nitrogens with two attached hydrogens (primary N) is 1. The molecule has 3 N–H and O–H groups in total. The number of ether oxygens (including phenoxy) is 2. The van der Waals surface area contributed by atoms with Crippen molar-refractivity contribution < 1.29 is 19.1 Å². The van der Waals surface area contributed by atoms with Crippen molar-refractivity contribution in [2.24, 2.45) is 10.8 Å². The van der Waals surface area contributed by atoms with Crippen LogP contribution in [0.5, 0.6) is 11.5 Å². The Morgan fingerprint density at radius 1 is 1.32 bits per heavy atom. The molecular formula is C14H13N3O4S. The summed E-state index contributed by atoms with van der Waals surface area (Å²) >= 11 is 1.29. The van der Waals surface area contributed by atoms with E-state index in [1.165, 1.54) is 24.7 Å². The molecule has 2 aromatic rings. The van der Waals surface area contributed by atoms with Gasteiger partial charge in [0.15, 0.2) is 11.5 Å². The van der Waals surface area contributed by atoms with Gasteiger partial charge < -0.3 is 15.2 Å². The third-order valence-electron chi connectivity index (χ3n) is 2.50. The Kier molecular flexibility index (Phi) is 5.10. The maximum absolute atomic E-state index is 11.9. The van der Waals surface area contributed by atoms with E-state index in [-0.39, 0.29) is 0 Å². The zero-order chi connectivity index (χ0) is 15.9. The van der Waals surface area contributed by atoms with Gasteiger partial charge in [0.1, 0.15) is 4.88 Å². The molecule has 1 aromatic carbocycles. The smallest absolute Gasteiger partial charge is 0.353 e. The summed E-state index contributed by atoms with van der Waals surface area (Å²) in [6.45, 7) is 0. The summed E-state index contributed by atoms with van der Waals surface area (Å²) in [6.07, 6.45) is 1.39. The highest BCUT2D eigenvalue weighted by Gasteiger charge is 2.13. The SMILES string of the molecule is COc1cc(C=NNC(N)=O)ccc1OC(=O)c1cccs1. The van der Waals surface area contributed by atoms with Crippen LogP contribution in [-0.4, -0.2) is 25.3 Å². The number of hydrogen-bond donors (Lipinski definition) is 2. The van der Waals surface area contributed by atoms with Crippen molar-refractivity contribution in [3.8, 4) is 11.5 Å². The van der Waals surface area contributed by atoms with Crippen molar-refractivity contribution in [1.29, 1.82) is 0 Å². The second kappa shape index (κ2) is 7.23. The van der Waals surface area contributed by atoms with Crippen LogP contribution in [0.3, 0.4) is 0 Å². The summed E-state index contributed by atoms with van der Waals surface area (Å²) in [7, 11) is 1.46. The van der Waals surface area contributed by atoms with Gasteiger partial charge in [-0.3, -0.25) is 0 Å². The van der Waals surface area contributed by atoms with Crippen LogP contribution in [0.4, 0.5) is 4.79 Å². The second-order valence-electron chi connectivity index (χ2n) is 4.01. The molecule has 0 radical (unpaired) electrons. The molecule has 2 rings (SSSR count). The summed E-state index contributed by atoms with van der Waals surface area (Å²) in [6, 6.07) is 7.54. The fourth-order valence-corrected chi connectivity index (χ4v) is 2.16. The fraction of sp³-hybridized carbons (Fsp3) is 0.0714. The molecule has 0 aliphatic carbocycles. The van der Waals surface area contributed by atoms with E-state index in [1.54, 1.807) is 35.7 Å². The molecule has 0 saturated carbocycles.